The largest absolute Gasteiger partial charge is 0.454 e. The summed E-state index contributed by atoms with van der Waals surface area (Å²) < 4.78 is 11.5. The third kappa shape index (κ3) is 2.65. The van der Waals surface area contributed by atoms with Gasteiger partial charge in [-0.25, -0.2) is 0 Å². The number of halogens is 2. The molecule has 1 aromatic heterocycles. The quantitative estimate of drug-likeness (QED) is 0.766. The number of amides is 1. The molecule has 0 fully saturated rings. The van der Waals surface area contributed by atoms with Crippen molar-refractivity contribution in [1.82, 2.24) is 0 Å². The van der Waals surface area contributed by atoms with E-state index in [9.17, 15) is 4.79 Å². The lowest BCUT2D eigenvalue weighted by Gasteiger charge is -2.07. The van der Waals surface area contributed by atoms with Crippen molar-refractivity contribution in [3.63, 3.8) is 0 Å². The molecule has 1 amide bonds. The first-order chi connectivity index (χ1) is 9.13. The smallest absolute Gasteiger partial charge is 0.256 e. The van der Waals surface area contributed by atoms with Gasteiger partial charge in [-0.3, -0.25) is 4.79 Å². The average Bonchev–Trinajstić information content (AvgIpc) is 2.98. The number of benzene rings is 1. The van der Waals surface area contributed by atoms with Crippen molar-refractivity contribution in [3.05, 3.63) is 37.0 Å². The Labute approximate surface area is 131 Å². The van der Waals surface area contributed by atoms with E-state index in [-0.39, 0.29) is 12.7 Å². The molecule has 1 N–H and O–H groups in total. The van der Waals surface area contributed by atoms with E-state index >= 15 is 0 Å². The van der Waals surface area contributed by atoms with Crippen LogP contribution in [0.3, 0.4) is 0 Å². The van der Waals surface area contributed by atoms with Crippen LogP contribution in [0.4, 0.5) is 5.69 Å². The van der Waals surface area contributed by atoms with Crippen LogP contribution in [-0.4, -0.2) is 12.7 Å². The molecule has 1 aromatic carbocycles. The Morgan fingerprint density at radius 1 is 1.32 bits per heavy atom. The molecule has 0 radical (unpaired) electrons. The van der Waals surface area contributed by atoms with Crippen LogP contribution in [0.1, 0.15) is 10.4 Å². The zero-order valence-electron chi connectivity index (χ0n) is 9.41. The highest BCUT2D eigenvalue weighted by atomic mass is 127. The number of rotatable bonds is 2. The Kier molecular flexibility index (Phi) is 3.55. The van der Waals surface area contributed by atoms with Gasteiger partial charge in [0.25, 0.3) is 5.91 Å². The third-order valence-corrected chi connectivity index (χ3v) is 4.64. The maximum atomic E-state index is 12.0. The third-order valence-electron chi connectivity index (χ3n) is 2.54. The van der Waals surface area contributed by atoms with Crippen molar-refractivity contribution in [2.75, 3.05) is 12.1 Å². The van der Waals surface area contributed by atoms with Gasteiger partial charge in [-0.05, 0) is 28.7 Å². The summed E-state index contributed by atoms with van der Waals surface area (Å²) in [4.78, 5) is 12.0. The molecule has 0 spiro atoms. The molecule has 2 heterocycles. The number of fused-ring (bicyclic) bond motifs is 1. The summed E-state index contributed by atoms with van der Waals surface area (Å²) in [6.07, 6.45) is 0. The molecule has 0 atom stereocenters. The highest BCUT2D eigenvalue weighted by molar-refractivity contribution is 14.1. The van der Waals surface area contributed by atoms with Crippen LogP contribution in [0.15, 0.2) is 23.6 Å². The van der Waals surface area contributed by atoms with E-state index in [1.165, 1.54) is 11.3 Å². The van der Waals surface area contributed by atoms with Crippen molar-refractivity contribution < 1.29 is 14.3 Å². The van der Waals surface area contributed by atoms with Crippen molar-refractivity contribution in [2.45, 2.75) is 0 Å². The molecule has 98 valence electrons. The lowest BCUT2D eigenvalue weighted by molar-refractivity contribution is 0.102. The number of ether oxygens (including phenoxy) is 2. The molecule has 0 saturated heterocycles. The van der Waals surface area contributed by atoms with E-state index in [1.807, 2.05) is 6.07 Å². The number of anilines is 1. The van der Waals surface area contributed by atoms with Crippen LogP contribution in [-0.2, 0) is 0 Å². The second-order valence-electron chi connectivity index (χ2n) is 3.78. The Morgan fingerprint density at radius 3 is 2.74 bits per heavy atom. The van der Waals surface area contributed by atoms with Crippen LogP contribution in [0.2, 0.25) is 5.02 Å². The fourth-order valence-electron chi connectivity index (χ4n) is 1.64. The molecule has 3 rings (SSSR count). The Morgan fingerprint density at radius 2 is 2.05 bits per heavy atom. The standard InChI is InChI=1S/C12H7ClINO3S/c13-7-2-9-10(18-5-17-9)3-8(7)15-12(16)6-1-11(14)19-4-6/h1-4H,5H2,(H,15,16). The monoisotopic (exact) mass is 407 g/mol. The van der Waals surface area contributed by atoms with Crippen LogP contribution in [0, 0.1) is 2.88 Å². The van der Waals surface area contributed by atoms with Crippen molar-refractivity contribution in [1.29, 1.82) is 0 Å². The number of nitrogens with one attached hydrogen (secondary N) is 1. The molecule has 1 aliphatic heterocycles. The number of hydrogen-bond donors (Lipinski definition) is 1. The van der Waals surface area contributed by atoms with E-state index in [0.717, 1.165) is 2.88 Å². The second-order valence-corrected chi connectivity index (χ2v) is 6.99. The summed E-state index contributed by atoms with van der Waals surface area (Å²) in [7, 11) is 0. The topological polar surface area (TPSA) is 47.6 Å². The highest BCUT2D eigenvalue weighted by Crippen LogP contribution is 2.39. The Hall–Kier alpha value is -0.990. The lowest BCUT2D eigenvalue weighted by atomic mass is 10.2. The van der Waals surface area contributed by atoms with Gasteiger partial charge < -0.3 is 14.8 Å². The molecular weight excluding hydrogens is 401 g/mol. The summed E-state index contributed by atoms with van der Waals surface area (Å²) in [5.41, 5.74) is 1.13. The predicted octanol–water partition coefficient (Wildman–Crippen LogP) is 3.99. The number of carbonyl (C=O) groups excluding carboxylic acids is 1. The van der Waals surface area contributed by atoms with Crippen molar-refractivity contribution in [2.24, 2.45) is 0 Å². The zero-order valence-corrected chi connectivity index (χ0v) is 13.1. The maximum absolute atomic E-state index is 12.0. The van der Waals surface area contributed by atoms with Crippen LogP contribution < -0.4 is 14.8 Å². The van der Waals surface area contributed by atoms with Crippen LogP contribution >= 0.6 is 45.5 Å². The van der Waals surface area contributed by atoms with Gasteiger partial charge >= 0.3 is 0 Å². The normalized spacial score (nSPS) is 12.5. The van der Waals surface area contributed by atoms with E-state index in [4.69, 9.17) is 21.1 Å². The Balaban J connectivity index is 1.85. The molecule has 1 aliphatic rings. The summed E-state index contributed by atoms with van der Waals surface area (Å²) in [6, 6.07) is 5.12. The van der Waals surface area contributed by atoms with E-state index in [1.54, 1.807) is 17.5 Å². The van der Waals surface area contributed by atoms with Crippen molar-refractivity contribution >= 4 is 57.1 Å². The summed E-state index contributed by atoms with van der Waals surface area (Å²) >= 11 is 9.78. The molecule has 0 saturated carbocycles. The van der Waals surface area contributed by atoms with E-state index < -0.39 is 0 Å². The summed E-state index contributed by atoms with van der Waals surface area (Å²) in [6.45, 7) is 0.172. The summed E-state index contributed by atoms with van der Waals surface area (Å²) in [5.74, 6) is 0.979. The summed E-state index contributed by atoms with van der Waals surface area (Å²) in [5, 5.41) is 4.99. The Bertz CT molecular complexity index is 658. The molecule has 0 aliphatic carbocycles. The average molecular weight is 408 g/mol. The first kappa shape index (κ1) is 13.0. The molecule has 0 bridgehead atoms. The number of carbonyl (C=O) groups is 1. The fraction of sp³-hybridized carbons (Fsp3) is 0.0833. The van der Waals surface area contributed by atoms with Gasteiger partial charge in [0.15, 0.2) is 11.5 Å². The van der Waals surface area contributed by atoms with E-state index in [0.29, 0.717) is 27.8 Å². The molecule has 19 heavy (non-hydrogen) atoms. The van der Waals surface area contributed by atoms with Gasteiger partial charge in [-0.2, -0.15) is 0 Å². The van der Waals surface area contributed by atoms with Gasteiger partial charge in [0.05, 0.1) is 19.2 Å². The van der Waals surface area contributed by atoms with Gasteiger partial charge in [-0.15, -0.1) is 11.3 Å². The number of hydrogen-bond acceptors (Lipinski definition) is 4. The minimum Gasteiger partial charge on any atom is -0.454 e. The van der Waals surface area contributed by atoms with Crippen LogP contribution in [0.5, 0.6) is 11.5 Å². The lowest BCUT2D eigenvalue weighted by Crippen LogP contribution is -2.11. The van der Waals surface area contributed by atoms with Crippen LogP contribution in [0.25, 0.3) is 0 Å². The SMILES string of the molecule is O=C(Nc1cc2c(cc1Cl)OCO2)c1csc(I)c1. The molecule has 7 heteroatoms. The zero-order chi connectivity index (χ0) is 13.4. The maximum Gasteiger partial charge on any atom is 0.256 e. The first-order valence-corrected chi connectivity index (χ1v) is 7.61. The van der Waals surface area contributed by atoms with Gasteiger partial charge in [0.2, 0.25) is 6.79 Å². The molecule has 2 aromatic rings. The minimum atomic E-state index is -0.195. The highest BCUT2D eigenvalue weighted by Gasteiger charge is 2.18. The molecular formula is C12H7ClINO3S. The fourth-order valence-corrected chi connectivity index (χ4v) is 3.16. The van der Waals surface area contributed by atoms with Gasteiger partial charge in [-0.1, -0.05) is 11.6 Å². The minimum absolute atomic E-state index is 0.172. The first-order valence-electron chi connectivity index (χ1n) is 5.28. The number of thiophene rings is 1. The second kappa shape index (κ2) is 5.18. The van der Waals surface area contributed by atoms with Gasteiger partial charge in [0, 0.05) is 17.5 Å². The van der Waals surface area contributed by atoms with Gasteiger partial charge in [0.1, 0.15) is 0 Å². The van der Waals surface area contributed by atoms with E-state index in [2.05, 4.69) is 27.9 Å². The molecule has 0 unspecified atom stereocenters. The van der Waals surface area contributed by atoms with Crippen molar-refractivity contribution in [3.8, 4) is 11.5 Å². The predicted molar refractivity (Wildman–Crippen MR) is 82.6 cm³/mol. The molecule has 4 nitrogen and oxygen atoms in total.